The minimum Gasteiger partial charge on any atom is -0.469 e. The molecule has 4 heterocycles. The molecule has 2 aliphatic heterocycles. The number of carbonyl (C=O) groups excluding carboxylic acids is 2. The Hall–Kier alpha value is -4.06. The summed E-state index contributed by atoms with van der Waals surface area (Å²) in [7, 11) is 1.97. The van der Waals surface area contributed by atoms with Crippen LogP contribution in [-0.2, 0) is 11.8 Å². The van der Waals surface area contributed by atoms with E-state index in [1.54, 1.807) is 30.5 Å². The standard InChI is InChI=1S/C25H17NO5/c1-26-13-14(15-5-2-3-6-18(15)26)11-21-24(28)16-8-9-20-23(25(16)31-21)17(12-22(27)30-20)19-7-4-10-29-19/h2-11,13,17H,12H2,1H3/b21-11-/t17-/m1/s1. The first-order valence-corrected chi connectivity index (χ1v) is 9.99. The first-order chi connectivity index (χ1) is 15.1. The van der Waals surface area contributed by atoms with E-state index in [9.17, 15) is 9.59 Å². The zero-order valence-corrected chi connectivity index (χ0v) is 16.6. The highest BCUT2D eigenvalue weighted by Gasteiger charge is 2.39. The van der Waals surface area contributed by atoms with Gasteiger partial charge in [-0.05, 0) is 36.4 Å². The van der Waals surface area contributed by atoms with Gasteiger partial charge < -0.3 is 18.5 Å². The number of hydrogen-bond acceptors (Lipinski definition) is 5. The van der Waals surface area contributed by atoms with E-state index in [0.29, 0.717) is 28.4 Å². The van der Waals surface area contributed by atoms with E-state index in [-0.39, 0.29) is 29.9 Å². The molecule has 0 unspecified atom stereocenters. The molecule has 2 aliphatic rings. The number of benzene rings is 2. The zero-order valence-electron chi connectivity index (χ0n) is 16.6. The summed E-state index contributed by atoms with van der Waals surface area (Å²) < 4.78 is 19.1. The summed E-state index contributed by atoms with van der Waals surface area (Å²) in [6.45, 7) is 0. The molecule has 2 aromatic heterocycles. The van der Waals surface area contributed by atoms with Gasteiger partial charge >= 0.3 is 5.97 Å². The molecule has 0 saturated carbocycles. The fourth-order valence-electron chi connectivity index (χ4n) is 4.47. The number of hydrogen-bond donors (Lipinski definition) is 0. The minimum atomic E-state index is -0.370. The molecular formula is C25H17NO5. The van der Waals surface area contributed by atoms with Crippen LogP contribution in [-0.4, -0.2) is 16.3 Å². The Labute approximate surface area is 177 Å². The number of ether oxygens (including phenoxy) is 2. The van der Waals surface area contributed by atoms with Crippen molar-refractivity contribution in [3.63, 3.8) is 0 Å². The average molecular weight is 411 g/mol. The molecule has 6 heteroatoms. The summed E-state index contributed by atoms with van der Waals surface area (Å²) in [5.74, 6) is 0.804. The van der Waals surface area contributed by atoms with E-state index in [0.717, 1.165) is 16.5 Å². The predicted octanol–water partition coefficient (Wildman–Crippen LogP) is 4.83. The number of esters is 1. The van der Waals surface area contributed by atoms with E-state index in [2.05, 4.69) is 0 Å². The van der Waals surface area contributed by atoms with Crippen LogP contribution in [0.4, 0.5) is 0 Å². The molecule has 0 bridgehead atoms. The van der Waals surface area contributed by atoms with Crippen molar-refractivity contribution in [2.45, 2.75) is 12.3 Å². The molecule has 1 atom stereocenters. The third-order valence-electron chi connectivity index (χ3n) is 5.88. The monoisotopic (exact) mass is 411 g/mol. The summed E-state index contributed by atoms with van der Waals surface area (Å²) in [4.78, 5) is 25.3. The number of ketones is 1. The SMILES string of the molecule is Cn1cc(/C=C2\Oc3c(ccc4c3[C@@H](c3ccco3)CC(=O)O4)C2=O)c2ccccc21. The highest BCUT2D eigenvalue weighted by Crippen LogP contribution is 2.49. The lowest BCUT2D eigenvalue weighted by atomic mass is 9.88. The summed E-state index contributed by atoms with van der Waals surface area (Å²) in [5.41, 5.74) is 3.10. The van der Waals surface area contributed by atoms with Crippen molar-refractivity contribution in [2.75, 3.05) is 0 Å². The van der Waals surface area contributed by atoms with Gasteiger partial charge in [0, 0.05) is 35.3 Å². The van der Waals surface area contributed by atoms with Gasteiger partial charge in [-0.1, -0.05) is 18.2 Å². The van der Waals surface area contributed by atoms with Crippen molar-refractivity contribution in [1.29, 1.82) is 0 Å². The van der Waals surface area contributed by atoms with Crippen molar-refractivity contribution >= 4 is 28.7 Å². The molecule has 0 fully saturated rings. The van der Waals surface area contributed by atoms with Crippen molar-refractivity contribution in [2.24, 2.45) is 7.05 Å². The Morgan fingerprint density at radius 2 is 1.90 bits per heavy atom. The van der Waals surface area contributed by atoms with Crippen LogP contribution < -0.4 is 9.47 Å². The van der Waals surface area contributed by atoms with Crippen molar-refractivity contribution in [3.05, 3.63) is 89.2 Å². The third kappa shape index (κ3) is 2.65. The molecule has 152 valence electrons. The average Bonchev–Trinajstić information content (AvgIpc) is 3.48. The fourth-order valence-corrected chi connectivity index (χ4v) is 4.47. The number of aryl methyl sites for hydroxylation is 1. The number of carbonyl (C=O) groups is 2. The summed E-state index contributed by atoms with van der Waals surface area (Å²) in [6, 6.07) is 14.9. The number of para-hydroxylation sites is 1. The van der Waals surface area contributed by atoms with E-state index in [4.69, 9.17) is 13.9 Å². The van der Waals surface area contributed by atoms with Crippen LogP contribution in [0.3, 0.4) is 0 Å². The molecule has 0 spiro atoms. The number of allylic oxidation sites excluding steroid dienone is 1. The van der Waals surface area contributed by atoms with Gasteiger partial charge in [0.05, 0.1) is 24.2 Å². The number of Topliss-reactive ketones (excluding diaryl/α,β-unsaturated/α-hetero) is 1. The molecule has 0 N–H and O–H groups in total. The second-order valence-corrected chi connectivity index (χ2v) is 7.75. The predicted molar refractivity (Wildman–Crippen MR) is 113 cm³/mol. The Kier molecular flexibility index (Phi) is 3.71. The topological polar surface area (TPSA) is 70.7 Å². The van der Waals surface area contributed by atoms with Crippen LogP contribution in [0.1, 0.15) is 39.6 Å². The van der Waals surface area contributed by atoms with Crippen LogP contribution in [0.2, 0.25) is 0 Å². The quantitative estimate of drug-likeness (QED) is 0.268. The van der Waals surface area contributed by atoms with Gasteiger partial charge in [-0.3, -0.25) is 9.59 Å². The lowest BCUT2D eigenvalue weighted by Gasteiger charge is -2.24. The third-order valence-corrected chi connectivity index (χ3v) is 5.88. The van der Waals surface area contributed by atoms with Gasteiger partial charge in [0.25, 0.3) is 0 Å². The van der Waals surface area contributed by atoms with E-state index in [1.807, 2.05) is 48.1 Å². The maximum Gasteiger partial charge on any atom is 0.312 e. The molecule has 0 saturated heterocycles. The van der Waals surface area contributed by atoms with Gasteiger partial charge in [-0.15, -0.1) is 0 Å². The second kappa shape index (κ2) is 6.47. The Bertz CT molecular complexity index is 1410. The zero-order chi connectivity index (χ0) is 21.1. The van der Waals surface area contributed by atoms with E-state index in [1.165, 1.54) is 0 Å². The molecule has 0 radical (unpaired) electrons. The summed E-state index contributed by atoms with van der Waals surface area (Å²) in [5, 5.41) is 1.04. The molecule has 6 rings (SSSR count). The fraction of sp³-hybridized carbons (Fsp3) is 0.120. The molecule has 0 aliphatic carbocycles. The van der Waals surface area contributed by atoms with E-state index < -0.39 is 0 Å². The molecule has 31 heavy (non-hydrogen) atoms. The lowest BCUT2D eigenvalue weighted by molar-refractivity contribution is -0.135. The van der Waals surface area contributed by atoms with Crippen LogP contribution >= 0.6 is 0 Å². The lowest BCUT2D eigenvalue weighted by Crippen LogP contribution is -2.21. The highest BCUT2D eigenvalue weighted by molar-refractivity contribution is 6.15. The maximum absolute atomic E-state index is 13.2. The van der Waals surface area contributed by atoms with Crippen LogP contribution in [0.25, 0.3) is 17.0 Å². The van der Waals surface area contributed by atoms with Crippen molar-refractivity contribution in [3.8, 4) is 11.5 Å². The van der Waals surface area contributed by atoms with Gasteiger partial charge in [0.15, 0.2) is 5.76 Å². The molecular weight excluding hydrogens is 394 g/mol. The first-order valence-electron chi connectivity index (χ1n) is 9.99. The largest absolute Gasteiger partial charge is 0.469 e. The van der Waals surface area contributed by atoms with Crippen LogP contribution in [0.15, 0.2) is 71.2 Å². The molecule has 2 aromatic carbocycles. The normalized spacial score (nSPS) is 18.7. The molecule has 4 aromatic rings. The Morgan fingerprint density at radius 1 is 1.03 bits per heavy atom. The number of nitrogens with zero attached hydrogens (tertiary/aromatic N) is 1. The van der Waals surface area contributed by atoms with E-state index >= 15 is 0 Å². The number of fused-ring (bicyclic) bond motifs is 4. The molecule has 6 nitrogen and oxygen atoms in total. The van der Waals surface area contributed by atoms with Gasteiger partial charge in [0.1, 0.15) is 17.3 Å². The maximum atomic E-state index is 13.2. The highest BCUT2D eigenvalue weighted by atomic mass is 16.5. The minimum absolute atomic E-state index is 0.122. The number of rotatable bonds is 2. The number of aromatic nitrogens is 1. The Morgan fingerprint density at radius 3 is 2.74 bits per heavy atom. The van der Waals surface area contributed by atoms with Crippen molar-refractivity contribution < 1.29 is 23.5 Å². The first kappa shape index (κ1) is 17.8. The number of furan rings is 1. The molecule has 0 amide bonds. The Balaban J connectivity index is 1.48. The van der Waals surface area contributed by atoms with Crippen LogP contribution in [0, 0.1) is 0 Å². The van der Waals surface area contributed by atoms with Gasteiger partial charge in [-0.2, -0.15) is 0 Å². The van der Waals surface area contributed by atoms with Gasteiger partial charge in [-0.25, -0.2) is 0 Å². The van der Waals surface area contributed by atoms with Crippen LogP contribution in [0.5, 0.6) is 11.5 Å². The second-order valence-electron chi connectivity index (χ2n) is 7.75. The van der Waals surface area contributed by atoms with Gasteiger partial charge in [0.2, 0.25) is 5.78 Å². The summed E-state index contributed by atoms with van der Waals surface area (Å²) >= 11 is 0. The smallest absolute Gasteiger partial charge is 0.312 e. The summed E-state index contributed by atoms with van der Waals surface area (Å²) in [6.07, 6.45) is 5.43. The van der Waals surface area contributed by atoms with Crippen molar-refractivity contribution in [1.82, 2.24) is 4.57 Å².